The maximum atomic E-state index is 12.3. The lowest BCUT2D eigenvalue weighted by atomic mass is 10.2. The molecule has 0 saturated carbocycles. The molecular formula is C11H13F3OSi. The molecule has 1 aromatic carbocycles. The van der Waals surface area contributed by atoms with E-state index in [1.807, 2.05) is 0 Å². The van der Waals surface area contributed by atoms with Gasteiger partial charge in [0, 0.05) is 6.61 Å². The van der Waals surface area contributed by atoms with Crippen LogP contribution in [-0.2, 0) is 10.6 Å². The van der Waals surface area contributed by atoms with Crippen molar-refractivity contribution < 1.29 is 17.6 Å². The van der Waals surface area contributed by atoms with Gasteiger partial charge in [-0.05, 0) is 17.7 Å². The Bertz CT molecular complexity index is 341. The molecule has 0 radical (unpaired) electrons. The molecule has 1 unspecified atom stereocenters. The number of halogens is 3. The molecule has 2 rings (SSSR count). The van der Waals surface area contributed by atoms with Crippen LogP contribution in [0.3, 0.4) is 0 Å². The quantitative estimate of drug-likeness (QED) is 0.692. The van der Waals surface area contributed by atoms with E-state index in [0.717, 1.165) is 42.8 Å². The van der Waals surface area contributed by atoms with E-state index in [0.29, 0.717) is 0 Å². The van der Waals surface area contributed by atoms with E-state index in [-0.39, 0.29) is 0 Å². The molecule has 88 valence electrons. The zero-order chi connectivity index (χ0) is 11.6. The van der Waals surface area contributed by atoms with Crippen LogP contribution in [0.2, 0.25) is 6.04 Å². The molecule has 1 aromatic rings. The van der Waals surface area contributed by atoms with Gasteiger partial charge in [-0.1, -0.05) is 30.7 Å². The highest BCUT2D eigenvalue weighted by Crippen LogP contribution is 2.28. The Morgan fingerprint density at radius 3 is 2.25 bits per heavy atom. The van der Waals surface area contributed by atoms with Crippen LogP contribution in [-0.4, -0.2) is 15.6 Å². The maximum absolute atomic E-state index is 12.3. The Balaban J connectivity index is 2.12. The summed E-state index contributed by atoms with van der Waals surface area (Å²) in [5, 5.41) is 0.979. The monoisotopic (exact) mass is 246 g/mol. The predicted molar refractivity (Wildman–Crippen MR) is 58.2 cm³/mol. The standard InChI is InChI=1S/C11H13F3OSi/c12-11(13,14)9-3-5-10(6-4-9)16-8-2-1-7-15-16/h3-6,16H,1-2,7-8H2. The van der Waals surface area contributed by atoms with Gasteiger partial charge in [-0.15, -0.1) is 0 Å². The van der Waals surface area contributed by atoms with Crippen LogP contribution in [0.5, 0.6) is 0 Å². The van der Waals surface area contributed by atoms with Crippen molar-refractivity contribution in [2.75, 3.05) is 6.61 Å². The summed E-state index contributed by atoms with van der Waals surface area (Å²) in [6.07, 6.45) is -2.03. The van der Waals surface area contributed by atoms with Crippen molar-refractivity contribution in [3.8, 4) is 0 Å². The second-order valence-electron chi connectivity index (χ2n) is 3.97. The zero-order valence-corrected chi connectivity index (χ0v) is 9.91. The average Bonchev–Trinajstić information content (AvgIpc) is 2.29. The van der Waals surface area contributed by atoms with Gasteiger partial charge >= 0.3 is 6.18 Å². The minimum absolute atomic E-state index is 0.582. The van der Waals surface area contributed by atoms with Gasteiger partial charge in [0.2, 0.25) is 9.04 Å². The SMILES string of the molecule is FC(F)(F)c1ccc([SiH]2CCCCO2)cc1. The maximum Gasteiger partial charge on any atom is 0.416 e. The lowest BCUT2D eigenvalue weighted by molar-refractivity contribution is -0.137. The van der Waals surface area contributed by atoms with E-state index in [9.17, 15) is 13.2 Å². The smallest absolute Gasteiger partial charge is 0.415 e. The fraction of sp³-hybridized carbons (Fsp3) is 0.455. The molecule has 0 amide bonds. The summed E-state index contributed by atoms with van der Waals surface area (Å²) >= 11 is 0. The number of hydrogen-bond donors (Lipinski definition) is 0. The second kappa shape index (κ2) is 4.59. The summed E-state index contributed by atoms with van der Waals surface area (Å²) in [5.74, 6) is 0. The third kappa shape index (κ3) is 2.65. The average molecular weight is 246 g/mol. The van der Waals surface area contributed by atoms with Gasteiger partial charge in [-0.3, -0.25) is 0 Å². The first-order valence-corrected chi connectivity index (χ1v) is 7.22. The highest BCUT2D eigenvalue weighted by Gasteiger charge is 2.30. The molecule has 0 bridgehead atoms. The molecule has 0 spiro atoms. The van der Waals surface area contributed by atoms with E-state index in [1.165, 1.54) is 0 Å². The highest BCUT2D eigenvalue weighted by atomic mass is 28.3. The first kappa shape index (κ1) is 11.7. The summed E-state index contributed by atoms with van der Waals surface area (Å²) in [6.45, 7) is 0.762. The van der Waals surface area contributed by atoms with Crippen molar-refractivity contribution in [1.29, 1.82) is 0 Å². The van der Waals surface area contributed by atoms with Crippen LogP contribution >= 0.6 is 0 Å². The molecule has 1 nitrogen and oxygen atoms in total. The van der Waals surface area contributed by atoms with Crippen LogP contribution in [0.25, 0.3) is 0 Å². The minimum atomic E-state index is -4.24. The van der Waals surface area contributed by atoms with Gasteiger partial charge < -0.3 is 4.43 Å². The summed E-state index contributed by atoms with van der Waals surface area (Å²) in [5.41, 5.74) is -0.582. The van der Waals surface area contributed by atoms with Crippen molar-refractivity contribution in [1.82, 2.24) is 0 Å². The highest BCUT2D eigenvalue weighted by molar-refractivity contribution is 6.67. The largest absolute Gasteiger partial charge is 0.416 e. The molecule has 1 aliphatic heterocycles. The van der Waals surface area contributed by atoms with Gasteiger partial charge in [0.05, 0.1) is 5.56 Å². The van der Waals surface area contributed by atoms with E-state index >= 15 is 0 Å². The zero-order valence-electron chi connectivity index (χ0n) is 8.76. The lowest BCUT2D eigenvalue weighted by Gasteiger charge is -2.21. The molecule has 16 heavy (non-hydrogen) atoms. The van der Waals surface area contributed by atoms with E-state index in [4.69, 9.17) is 4.43 Å². The Hall–Kier alpha value is -0.813. The van der Waals surface area contributed by atoms with Gasteiger partial charge in [-0.2, -0.15) is 13.2 Å². The molecule has 1 aliphatic rings. The van der Waals surface area contributed by atoms with Crippen molar-refractivity contribution in [2.24, 2.45) is 0 Å². The van der Waals surface area contributed by atoms with Crippen LogP contribution in [0.15, 0.2) is 24.3 Å². The number of benzene rings is 1. The third-order valence-corrected chi connectivity index (χ3v) is 5.49. The fourth-order valence-electron chi connectivity index (χ4n) is 1.89. The Morgan fingerprint density at radius 2 is 1.75 bits per heavy atom. The molecule has 1 saturated heterocycles. The van der Waals surface area contributed by atoms with Crippen LogP contribution < -0.4 is 5.19 Å². The molecule has 0 aromatic heterocycles. The molecule has 5 heteroatoms. The van der Waals surface area contributed by atoms with E-state index < -0.39 is 20.8 Å². The topological polar surface area (TPSA) is 9.23 Å². The molecule has 0 aliphatic carbocycles. The number of hydrogen-bond acceptors (Lipinski definition) is 1. The van der Waals surface area contributed by atoms with Crippen molar-refractivity contribution in [3.05, 3.63) is 29.8 Å². The first-order chi connectivity index (χ1) is 7.57. The lowest BCUT2D eigenvalue weighted by Crippen LogP contribution is -2.36. The van der Waals surface area contributed by atoms with Crippen LogP contribution in [0.1, 0.15) is 18.4 Å². The van der Waals surface area contributed by atoms with E-state index in [1.54, 1.807) is 12.1 Å². The Labute approximate surface area is 94.0 Å². The van der Waals surface area contributed by atoms with Gasteiger partial charge in [0.1, 0.15) is 0 Å². The summed E-state index contributed by atoms with van der Waals surface area (Å²) in [6, 6.07) is 6.49. The molecule has 1 atom stereocenters. The van der Waals surface area contributed by atoms with Crippen molar-refractivity contribution in [2.45, 2.75) is 25.1 Å². The molecule has 1 fully saturated rings. The Kier molecular flexibility index (Phi) is 3.35. The van der Waals surface area contributed by atoms with Gasteiger partial charge in [0.15, 0.2) is 0 Å². The normalized spacial score (nSPS) is 22.1. The minimum Gasteiger partial charge on any atom is -0.415 e. The van der Waals surface area contributed by atoms with Crippen molar-refractivity contribution >= 4 is 14.2 Å². The van der Waals surface area contributed by atoms with Crippen LogP contribution in [0.4, 0.5) is 13.2 Å². The first-order valence-electron chi connectivity index (χ1n) is 5.36. The van der Waals surface area contributed by atoms with E-state index in [2.05, 4.69) is 0 Å². The van der Waals surface area contributed by atoms with Crippen molar-refractivity contribution in [3.63, 3.8) is 0 Å². The molecule has 0 N–H and O–H groups in total. The Morgan fingerprint density at radius 1 is 1.06 bits per heavy atom. The van der Waals surface area contributed by atoms with Crippen LogP contribution in [0, 0.1) is 0 Å². The predicted octanol–water partition coefficient (Wildman–Crippen LogP) is 2.45. The summed E-state index contributed by atoms with van der Waals surface area (Å²) in [4.78, 5) is 0. The summed E-state index contributed by atoms with van der Waals surface area (Å²) in [7, 11) is -1.43. The summed E-state index contributed by atoms with van der Waals surface area (Å²) < 4.78 is 42.7. The fourth-order valence-corrected chi connectivity index (χ4v) is 4.32. The number of alkyl halides is 3. The molecule has 1 heterocycles. The molecular weight excluding hydrogens is 233 g/mol. The van der Waals surface area contributed by atoms with Gasteiger partial charge in [0.25, 0.3) is 0 Å². The number of rotatable bonds is 1. The third-order valence-electron chi connectivity index (χ3n) is 2.79. The second-order valence-corrected chi connectivity index (χ2v) is 6.53. The van der Waals surface area contributed by atoms with Gasteiger partial charge in [-0.25, -0.2) is 0 Å².